The number of carbonyl (C=O) groups is 1. The van der Waals surface area contributed by atoms with E-state index in [4.69, 9.17) is 9.47 Å². The van der Waals surface area contributed by atoms with Crippen molar-refractivity contribution in [3.8, 4) is 11.5 Å². The highest BCUT2D eigenvalue weighted by Crippen LogP contribution is 2.27. The van der Waals surface area contributed by atoms with Crippen LogP contribution in [0.25, 0.3) is 0 Å². The first-order chi connectivity index (χ1) is 15.2. The van der Waals surface area contributed by atoms with Gasteiger partial charge in [0.2, 0.25) is 0 Å². The minimum atomic E-state index is -3.75. The summed E-state index contributed by atoms with van der Waals surface area (Å²) in [5, 5.41) is 2.68. The van der Waals surface area contributed by atoms with Crippen molar-refractivity contribution in [2.75, 3.05) is 23.8 Å². The summed E-state index contributed by atoms with van der Waals surface area (Å²) in [6, 6.07) is 16.8. The molecule has 0 bridgehead atoms. The summed E-state index contributed by atoms with van der Waals surface area (Å²) >= 11 is 0. The van der Waals surface area contributed by atoms with E-state index in [1.54, 1.807) is 12.1 Å². The molecule has 0 saturated heterocycles. The molecule has 7 nitrogen and oxygen atoms in total. The molecule has 0 atom stereocenters. The molecule has 0 heterocycles. The highest BCUT2D eigenvalue weighted by molar-refractivity contribution is 7.92. The van der Waals surface area contributed by atoms with Gasteiger partial charge in [0.15, 0.2) is 18.1 Å². The van der Waals surface area contributed by atoms with Gasteiger partial charge in [0.1, 0.15) is 0 Å². The topological polar surface area (TPSA) is 93.7 Å². The van der Waals surface area contributed by atoms with Crippen LogP contribution >= 0.6 is 0 Å². The monoisotopic (exact) mass is 454 g/mol. The van der Waals surface area contributed by atoms with Crippen molar-refractivity contribution >= 4 is 27.3 Å². The Morgan fingerprint density at radius 3 is 2.19 bits per heavy atom. The van der Waals surface area contributed by atoms with Crippen molar-refractivity contribution < 1.29 is 22.7 Å². The Morgan fingerprint density at radius 1 is 0.875 bits per heavy atom. The number of methoxy groups -OCH3 is 1. The molecule has 168 valence electrons. The number of hydrogen-bond donors (Lipinski definition) is 2. The highest BCUT2D eigenvalue weighted by Gasteiger charge is 2.16. The average molecular weight is 455 g/mol. The number of carbonyl (C=O) groups excluding carboxylic acids is 1. The number of nitrogens with one attached hydrogen (secondary N) is 2. The van der Waals surface area contributed by atoms with Gasteiger partial charge in [0.05, 0.1) is 17.7 Å². The molecule has 0 spiro atoms. The van der Waals surface area contributed by atoms with Crippen LogP contribution in [0.15, 0.2) is 65.6 Å². The molecule has 0 unspecified atom stereocenters. The third kappa shape index (κ3) is 5.79. The second kappa shape index (κ2) is 9.74. The summed E-state index contributed by atoms with van der Waals surface area (Å²) in [6.07, 6.45) is 0. The number of rotatable bonds is 8. The highest BCUT2D eigenvalue weighted by atomic mass is 32.2. The van der Waals surface area contributed by atoms with Crippen molar-refractivity contribution in [2.24, 2.45) is 0 Å². The predicted octanol–water partition coefficient (Wildman–Crippen LogP) is 4.44. The molecule has 2 N–H and O–H groups in total. The van der Waals surface area contributed by atoms with E-state index in [-0.39, 0.29) is 17.4 Å². The minimum Gasteiger partial charge on any atom is -0.493 e. The number of amides is 1. The Labute approximate surface area is 188 Å². The van der Waals surface area contributed by atoms with Gasteiger partial charge in [0.25, 0.3) is 15.9 Å². The molecule has 0 fully saturated rings. The van der Waals surface area contributed by atoms with E-state index in [9.17, 15) is 13.2 Å². The first-order valence-corrected chi connectivity index (χ1v) is 11.4. The minimum absolute atomic E-state index is 0.0936. The lowest BCUT2D eigenvalue weighted by atomic mass is 10.1. The van der Waals surface area contributed by atoms with Gasteiger partial charge in [-0.2, -0.15) is 0 Å². The van der Waals surface area contributed by atoms with Gasteiger partial charge in [-0.15, -0.1) is 0 Å². The van der Waals surface area contributed by atoms with E-state index >= 15 is 0 Å². The van der Waals surface area contributed by atoms with Gasteiger partial charge in [-0.1, -0.05) is 23.8 Å². The number of anilines is 2. The maximum absolute atomic E-state index is 12.7. The van der Waals surface area contributed by atoms with Gasteiger partial charge < -0.3 is 14.8 Å². The molecule has 0 saturated carbocycles. The van der Waals surface area contributed by atoms with Crippen molar-refractivity contribution in [1.29, 1.82) is 0 Å². The fourth-order valence-electron chi connectivity index (χ4n) is 3.08. The van der Waals surface area contributed by atoms with Crippen LogP contribution in [0.4, 0.5) is 11.4 Å². The first-order valence-electron chi connectivity index (χ1n) is 9.95. The van der Waals surface area contributed by atoms with Gasteiger partial charge in [-0.05, 0) is 74.4 Å². The molecular formula is C24H26N2O5S. The molecule has 3 rings (SSSR count). The Bertz CT molecular complexity index is 1220. The molecule has 3 aromatic carbocycles. The number of aryl methyl sites for hydroxylation is 3. The van der Waals surface area contributed by atoms with E-state index in [1.165, 1.54) is 31.4 Å². The average Bonchev–Trinajstić information content (AvgIpc) is 2.75. The van der Waals surface area contributed by atoms with Crippen LogP contribution in [0, 0.1) is 20.8 Å². The van der Waals surface area contributed by atoms with Crippen LogP contribution < -0.4 is 19.5 Å². The smallest absolute Gasteiger partial charge is 0.262 e. The lowest BCUT2D eigenvalue weighted by Gasteiger charge is -2.13. The zero-order valence-corrected chi connectivity index (χ0v) is 19.2. The Morgan fingerprint density at radius 2 is 1.53 bits per heavy atom. The van der Waals surface area contributed by atoms with Crippen molar-refractivity contribution in [3.05, 3.63) is 77.4 Å². The standard InChI is InChI=1S/C24H26N2O5S/c1-16-5-11-21(18(3)13-16)26-32(28,29)20-9-7-19(8-10-20)25-24(27)15-31-22-12-6-17(2)14-23(22)30-4/h5-14,26H,15H2,1-4H3,(H,25,27). The van der Waals surface area contributed by atoms with E-state index in [2.05, 4.69) is 10.0 Å². The second-order valence-corrected chi connectivity index (χ2v) is 9.12. The van der Waals surface area contributed by atoms with Gasteiger partial charge in [-0.25, -0.2) is 8.42 Å². The molecule has 0 aliphatic carbocycles. The summed E-state index contributed by atoms with van der Waals surface area (Å²) in [5.74, 6) is 0.632. The first kappa shape index (κ1) is 23.1. The molecule has 0 aliphatic heterocycles. The zero-order valence-electron chi connectivity index (χ0n) is 18.4. The van der Waals surface area contributed by atoms with Gasteiger partial charge in [0, 0.05) is 5.69 Å². The van der Waals surface area contributed by atoms with E-state index in [0.29, 0.717) is 22.9 Å². The van der Waals surface area contributed by atoms with Gasteiger partial charge in [-0.3, -0.25) is 9.52 Å². The Hall–Kier alpha value is -3.52. The Balaban J connectivity index is 1.62. The van der Waals surface area contributed by atoms with Crippen molar-refractivity contribution in [1.82, 2.24) is 0 Å². The molecule has 8 heteroatoms. The molecule has 32 heavy (non-hydrogen) atoms. The SMILES string of the molecule is COc1cc(C)ccc1OCC(=O)Nc1ccc(S(=O)(=O)Nc2ccc(C)cc2C)cc1. The quantitative estimate of drug-likeness (QED) is 0.525. The van der Waals surface area contributed by atoms with Crippen molar-refractivity contribution in [3.63, 3.8) is 0 Å². The lowest BCUT2D eigenvalue weighted by Crippen LogP contribution is -2.20. The van der Waals surface area contributed by atoms with Crippen molar-refractivity contribution in [2.45, 2.75) is 25.7 Å². The maximum atomic E-state index is 12.7. The molecule has 0 aromatic heterocycles. The third-order valence-electron chi connectivity index (χ3n) is 4.75. The summed E-state index contributed by atoms with van der Waals surface area (Å²) < 4.78 is 38.8. The maximum Gasteiger partial charge on any atom is 0.262 e. The summed E-state index contributed by atoms with van der Waals surface area (Å²) in [5.41, 5.74) is 3.88. The summed E-state index contributed by atoms with van der Waals surface area (Å²) in [4.78, 5) is 12.3. The zero-order chi connectivity index (χ0) is 23.3. The number of sulfonamides is 1. The van der Waals surface area contributed by atoms with Gasteiger partial charge >= 0.3 is 0 Å². The molecule has 0 radical (unpaired) electrons. The predicted molar refractivity (Wildman–Crippen MR) is 125 cm³/mol. The number of benzene rings is 3. The van der Waals surface area contributed by atoms with Crippen LogP contribution in [0.2, 0.25) is 0 Å². The molecule has 3 aromatic rings. The van der Waals surface area contributed by atoms with Crippen LogP contribution in [-0.2, 0) is 14.8 Å². The third-order valence-corrected chi connectivity index (χ3v) is 6.13. The second-order valence-electron chi connectivity index (χ2n) is 7.44. The van der Waals surface area contributed by atoms with Crippen LogP contribution in [-0.4, -0.2) is 28.0 Å². The fraction of sp³-hybridized carbons (Fsp3) is 0.208. The fourth-order valence-corrected chi connectivity index (χ4v) is 4.21. The van der Waals surface area contributed by atoms with E-state index in [1.807, 2.05) is 45.0 Å². The number of ether oxygens (including phenoxy) is 2. The Kier molecular flexibility index (Phi) is 7.05. The normalized spacial score (nSPS) is 11.0. The van der Waals surface area contributed by atoms with Crippen LogP contribution in [0.3, 0.4) is 0 Å². The lowest BCUT2D eigenvalue weighted by molar-refractivity contribution is -0.118. The number of hydrogen-bond acceptors (Lipinski definition) is 5. The van der Waals surface area contributed by atoms with E-state index < -0.39 is 10.0 Å². The molecular weight excluding hydrogens is 428 g/mol. The van der Waals surface area contributed by atoms with Crippen LogP contribution in [0.5, 0.6) is 11.5 Å². The summed E-state index contributed by atoms with van der Waals surface area (Å²) in [7, 11) is -2.22. The van der Waals surface area contributed by atoms with Crippen LogP contribution in [0.1, 0.15) is 16.7 Å². The summed E-state index contributed by atoms with van der Waals surface area (Å²) in [6.45, 7) is 5.51. The molecule has 1 amide bonds. The van der Waals surface area contributed by atoms with E-state index in [0.717, 1.165) is 16.7 Å². The largest absolute Gasteiger partial charge is 0.493 e. The molecule has 0 aliphatic rings.